The first-order chi connectivity index (χ1) is 10.2. The summed E-state index contributed by atoms with van der Waals surface area (Å²) in [4.78, 5) is 0. The van der Waals surface area contributed by atoms with Crippen LogP contribution in [0.25, 0.3) is 0 Å². The number of ether oxygens (including phenoxy) is 1. The lowest BCUT2D eigenvalue weighted by Gasteiger charge is -2.19. The Balaban J connectivity index is 1.91. The molecule has 0 saturated heterocycles. The number of fused-ring (bicyclic) bond motifs is 1. The van der Waals surface area contributed by atoms with Gasteiger partial charge in [-0.3, -0.25) is 0 Å². The van der Waals surface area contributed by atoms with Gasteiger partial charge in [-0.1, -0.05) is 28.1 Å². The zero-order valence-corrected chi connectivity index (χ0v) is 15.6. The van der Waals surface area contributed by atoms with Gasteiger partial charge in [-0.15, -0.1) is 0 Å². The molecule has 0 aromatic heterocycles. The molecule has 0 bridgehead atoms. The largest absolute Gasteiger partial charge is 0.493 e. The average molecular weight is 458 g/mol. The molecule has 0 spiro atoms. The lowest BCUT2D eigenvalue weighted by molar-refractivity contribution is 0.352. The summed E-state index contributed by atoms with van der Waals surface area (Å²) in [6, 6.07) is 13.3. The summed E-state index contributed by atoms with van der Waals surface area (Å²) in [5.41, 5.74) is 3.91. The Morgan fingerprint density at radius 1 is 1.33 bits per heavy atom. The van der Waals surface area contributed by atoms with Gasteiger partial charge < -0.3 is 10.1 Å². The Kier molecular flexibility index (Phi) is 4.86. The van der Waals surface area contributed by atoms with Crippen LogP contribution in [0.1, 0.15) is 22.7 Å². The predicted octanol–water partition coefficient (Wildman–Crippen LogP) is 4.49. The average Bonchev–Trinajstić information content (AvgIpc) is 2.92. The number of rotatable bonds is 4. The van der Waals surface area contributed by atoms with E-state index < -0.39 is 0 Å². The molecule has 2 nitrogen and oxygen atoms in total. The molecule has 0 aliphatic carbocycles. The molecular weight excluding hydrogens is 441 g/mol. The molecule has 1 heterocycles. The molecule has 0 fully saturated rings. The van der Waals surface area contributed by atoms with Crippen LogP contribution in [0.5, 0.6) is 5.75 Å². The minimum absolute atomic E-state index is 0.294. The van der Waals surface area contributed by atoms with Crippen molar-refractivity contribution >= 4 is 38.5 Å². The number of hydrogen-bond acceptors (Lipinski definition) is 2. The van der Waals surface area contributed by atoms with Crippen molar-refractivity contribution in [1.29, 1.82) is 0 Å². The minimum Gasteiger partial charge on any atom is -0.493 e. The van der Waals surface area contributed by atoms with Gasteiger partial charge in [-0.05, 0) is 77.0 Å². The maximum atomic E-state index is 5.84. The Morgan fingerprint density at radius 2 is 2.19 bits per heavy atom. The SMILES string of the molecule is CNC(Cc1cc(Br)cc2c1OCC2)c1cccc(I)c1. The summed E-state index contributed by atoms with van der Waals surface area (Å²) in [6.07, 6.45) is 1.94. The van der Waals surface area contributed by atoms with E-state index in [0.29, 0.717) is 6.04 Å². The normalized spacial score (nSPS) is 14.6. The number of hydrogen-bond donors (Lipinski definition) is 1. The third kappa shape index (κ3) is 3.43. The van der Waals surface area contributed by atoms with Crippen molar-refractivity contribution in [3.05, 3.63) is 61.1 Å². The van der Waals surface area contributed by atoms with Crippen LogP contribution in [0, 0.1) is 3.57 Å². The Hall–Kier alpha value is -0.590. The molecule has 1 aliphatic heterocycles. The van der Waals surface area contributed by atoms with Crippen molar-refractivity contribution in [1.82, 2.24) is 5.32 Å². The Bertz CT molecular complexity index is 659. The Labute approximate surface area is 147 Å². The second-order valence-electron chi connectivity index (χ2n) is 5.25. The summed E-state index contributed by atoms with van der Waals surface area (Å²) in [5.74, 6) is 1.09. The van der Waals surface area contributed by atoms with Crippen LogP contribution in [-0.2, 0) is 12.8 Å². The van der Waals surface area contributed by atoms with Gasteiger partial charge >= 0.3 is 0 Å². The molecule has 21 heavy (non-hydrogen) atoms. The van der Waals surface area contributed by atoms with Crippen molar-refractivity contribution < 1.29 is 4.74 Å². The highest BCUT2D eigenvalue weighted by atomic mass is 127. The smallest absolute Gasteiger partial charge is 0.125 e. The van der Waals surface area contributed by atoms with Gasteiger partial charge in [-0.2, -0.15) is 0 Å². The molecule has 0 saturated carbocycles. The number of halogens is 2. The van der Waals surface area contributed by atoms with E-state index in [1.54, 1.807) is 0 Å². The third-order valence-electron chi connectivity index (χ3n) is 3.85. The van der Waals surface area contributed by atoms with E-state index >= 15 is 0 Å². The van der Waals surface area contributed by atoms with Gasteiger partial charge in [0, 0.05) is 20.5 Å². The van der Waals surface area contributed by atoms with Gasteiger partial charge in [0.1, 0.15) is 5.75 Å². The van der Waals surface area contributed by atoms with Crippen LogP contribution in [0.4, 0.5) is 0 Å². The van der Waals surface area contributed by atoms with E-state index in [-0.39, 0.29) is 0 Å². The molecule has 110 valence electrons. The first-order valence-corrected chi connectivity index (χ1v) is 8.91. The van der Waals surface area contributed by atoms with Gasteiger partial charge in [0.05, 0.1) is 6.61 Å². The fourth-order valence-corrected chi connectivity index (χ4v) is 3.95. The van der Waals surface area contributed by atoms with E-state index in [9.17, 15) is 0 Å². The molecule has 3 rings (SSSR count). The highest BCUT2D eigenvalue weighted by molar-refractivity contribution is 14.1. The number of likely N-dealkylation sites (N-methyl/N-ethyl adjacent to an activating group) is 1. The first-order valence-electron chi connectivity index (χ1n) is 7.04. The standard InChI is InChI=1S/C17H17BrINO/c1-20-16(11-3-2-4-15(19)9-11)10-13-8-14(18)7-12-5-6-21-17(12)13/h2-4,7-9,16,20H,5-6,10H2,1H3. The van der Waals surface area contributed by atoms with Gasteiger partial charge in [0.2, 0.25) is 0 Å². The molecule has 1 N–H and O–H groups in total. The van der Waals surface area contributed by atoms with Crippen molar-refractivity contribution in [2.24, 2.45) is 0 Å². The van der Waals surface area contributed by atoms with Crippen LogP contribution >= 0.6 is 38.5 Å². The molecule has 1 unspecified atom stereocenters. The van der Waals surface area contributed by atoms with Crippen LogP contribution in [0.3, 0.4) is 0 Å². The zero-order valence-electron chi connectivity index (χ0n) is 11.8. The molecular formula is C17H17BrINO. The zero-order chi connectivity index (χ0) is 14.8. The summed E-state index contributed by atoms with van der Waals surface area (Å²) in [6.45, 7) is 0.798. The topological polar surface area (TPSA) is 21.3 Å². The van der Waals surface area contributed by atoms with E-state index in [0.717, 1.165) is 29.7 Å². The molecule has 2 aromatic rings. The maximum Gasteiger partial charge on any atom is 0.125 e. The summed E-state index contributed by atoms with van der Waals surface area (Å²) in [7, 11) is 2.02. The van der Waals surface area contributed by atoms with Gasteiger partial charge in [0.25, 0.3) is 0 Å². The number of benzene rings is 2. The molecule has 1 atom stereocenters. The van der Waals surface area contributed by atoms with Crippen molar-refractivity contribution in [2.75, 3.05) is 13.7 Å². The van der Waals surface area contributed by atoms with Crippen LogP contribution in [0.15, 0.2) is 40.9 Å². The van der Waals surface area contributed by atoms with Crippen LogP contribution < -0.4 is 10.1 Å². The second-order valence-corrected chi connectivity index (χ2v) is 7.41. The highest BCUT2D eigenvalue weighted by Crippen LogP contribution is 2.35. The fourth-order valence-electron chi connectivity index (χ4n) is 2.83. The lowest BCUT2D eigenvalue weighted by Crippen LogP contribution is -2.19. The van der Waals surface area contributed by atoms with Crippen LogP contribution in [0.2, 0.25) is 0 Å². The lowest BCUT2D eigenvalue weighted by atomic mass is 9.97. The molecule has 2 aromatic carbocycles. The highest BCUT2D eigenvalue weighted by Gasteiger charge is 2.20. The van der Waals surface area contributed by atoms with E-state index in [2.05, 4.69) is 80.2 Å². The quantitative estimate of drug-likeness (QED) is 0.683. The Morgan fingerprint density at radius 3 is 2.95 bits per heavy atom. The molecule has 0 amide bonds. The van der Waals surface area contributed by atoms with E-state index in [1.165, 1.54) is 20.3 Å². The second kappa shape index (κ2) is 6.67. The van der Waals surface area contributed by atoms with Crippen molar-refractivity contribution in [3.8, 4) is 5.75 Å². The molecule has 1 aliphatic rings. The summed E-state index contributed by atoms with van der Waals surface area (Å²) in [5, 5.41) is 3.43. The summed E-state index contributed by atoms with van der Waals surface area (Å²) < 4.78 is 8.24. The van der Waals surface area contributed by atoms with Gasteiger partial charge in [0.15, 0.2) is 0 Å². The minimum atomic E-state index is 0.294. The molecule has 4 heteroatoms. The molecule has 0 radical (unpaired) electrons. The number of nitrogens with one attached hydrogen (secondary N) is 1. The first kappa shape index (κ1) is 15.3. The van der Waals surface area contributed by atoms with E-state index in [1.807, 2.05) is 7.05 Å². The summed E-state index contributed by atoms with van der Waals surface area (Å²) >= 11 is 5.98. The maximum absolute atomic E-state index is 5.84. The predicted molar refractivity (Wildman–Crippen MR) is 98.0 cm³/mol. The van der Waals surface area contributed by atoms with Crippen LogP contribution in [-0.4, -0.2) is 13.7 Å². The third-order valence-corrected chi connectivity index (χ3v) is 4.98. The van der Waals surface area contributed by atoms with Crippen molar-refractivity contribution in [2.45, 2.75) is 18.9 Å². The van der Waals surface area contributed by atoms with Gasteiger partial charge in [-0.25, -0.2) is 0 Å². The monoisotopic (exact) mass is 457 g/mol. The van der Waals surface area contributed by atoms with Crippen molar-refractivity contribution in [3.63, 3.8) is 0 Å². The van der Waals surface area contributed by atoms with E-state index in [4.69, 9.17) is 4.74 Å². The fraction of sp³-hybridized carbons (Fsp3) is 0.294.